The zero-order valence-corrected chi connectivity index (χ0v) is 16.7. The molecule has 5 nitrogen and oxygen atoms in total. The Morgan fingerprint density at radius 1 is 1.03 bits per heavy atom. The van der Waals surface area contributed by atoms with Crippen molar-refractivity contribution in [3.63, 3.8) is 0 Å². The third-order valence-corrected chi connectivity index (χ3v) is 5.81. The summed E-state index contributed by atoms with van der Waals surface area (Å²) >= 11 is 1.55. The molecular formula is C23H18N4OS. The van der Waals surface area contributed by atoms with Crippen LogP contribution in [-0.4, -0.2) is 19.2 Å². The second-order valence-electron chi connectivity index (χ2n) is 7.06. The molecule has 0 aliphatic carbocycles. The zero-order valence-electron chi connectivity index (χ0n) is 15.9. The first-order valence-electron chi connectivity index (χ1n) is 9.29. The van der Waals surface area contributed by atoms with E-state index in [9.17, 15) is 4.79 Å². The lowest BCUT2D eigenvalue weighted by molar-refractivity contribution is 0.714. The fourth-order valence-corrected chi connectivity index (χ4v) is 4.59. The summed E-state index contributed by atoms with van der Waals surface area (Å²) < 4.78 is 3.16. The van der Waals surface area contributed by atoms with Gasteiger partial charge < -0.3 is 0 Å². The molecule has 0 fully saturated rings. The van der Waals surface area contributed by atoms with Crippen LogP contribution < -0.4 is 5.69 Å². The van der Waals surface area contributed by atoms with Gasteiger partial charge in [0.25, 0.3) is 0 Å². The minimum absolute atomic E-state index is 0.202. The van der Waals surface area contributed by atoms with Gasteiger partial charge in [-0.05, 0) is 12.5 Å². The summed E-state index contributed by atoms with van der Waals surface area (Å²) in [5, 5.41) is 7.59. The Hall–Kier alpha value is -3.51. The third-order valence-electron chi connectivity index (χ3n) is 4.80. The number of thiophene rings is 1. The van der Waals surface area contributed by atoms with Gasteiger partial charge in [-0.15, -0.1) is 16.4 Å². The largest absolute Gasteiger partial charge is 0.352 e. The Kier molecular flexibility index (Phi) is 4.14. The highest BCUT2D eigenvalue weighted by atomic mass is 32.1. The van der Waals surface area contributed by atoms with Crippen LogP contribution in [0.4, 0.5) is 0 Å². The molecule has 0 saturated heterocycles. The molecule has 0 atom stereocenters. The fraction of sp³-hybridized carbons (Fsp3) is 0.0870. The molecule has 142 valence electrons. The van der Waals surface area contributed by atoms with Gasteiger partial charge in [-0.3, -0.25) is 4.57 Å². The first-order chi connectivity index (χ1) is 14.1. The number of hydrogen-bond acceptors (Lipinski definition) is 4. The molecule has 0 spiro atoms. The quantitative estimate of drug-likeness (QED) is 0.400. The minimum atomic E-state index is -0.202. The Labute approximate surface area is 171 Å². The van der Waals surface area contributed by atoms with Gasteiger partial charge in [-0.1, -0.05) is 72.8 Å². The van der Waals surface area contributed by atoms with Gasteiger partial charge in [-0.25, -0.2) is 9.78 Å². The molecular weight excluding hydrogens is 380 g/mol. The van der Waals surface area contributed by atoms with Crippen LogP contribution in [0.3, 0.4) is 0 Å². The molecule has 0 radical (unpaired) electrons. The molecule has 0 saturated carbocycles. The van der Waals surface area contributed by atoms with Crippen LogP contribution in [0.25, 0.3) is 38.4 Å². The van der Waals surface area contributed by atoms with Gasteiger partial charge in [0.05, 0.1) is 5.39 Å². The predicted octanol–water partition coefficient (Wildman–Crippen LogP) is 5.02. The van der Waals surface area contributed by atoms with Crippen LogP contribution in [0.2, 0.25) is 0 Å². The monoisotopic (exact) mass is 398 g/mol. The lowest BCUT2D eigenvalue weighted by atomic mass is 10.1. The average Bonchev–Trinajstić information content (AvgIpc) is 3.37. The van der Waals surface area contributed by atoms with E-state index in [2.05, 4.69) is 29.2 Å². The van der Waals surface area contributed by atoms with Crippen LogP contribution in [0, 0.1) is 0 Å². The van der Waals surface area contributed by atoms with E-state index in [-0.39, 0.29) is 5.69 Å². The topological polar surface area (TPSA) is 52.2 Å². The van der Waals surface area contributed by atoms with Crippen LogP contribution in [-0.2, 0) is 6.54 Å². The fourth-order valence-electron chi connectivity index (χ4n) is 3.52. The number of rotatable bonds is 4. The van der Waals surface area contributed by atoms with Crippen molar-refractivity contribution in [2.75, 3.05) is 0 Å². The molecule has 0 bridgehead atoms. The van der Waals surface area contributed by atoms with E-state index >= 15 is 0 Å². The van der Waals surface area contributed by atoms with Crippen molar-refractivity contribution in [3.05, 3.63) is 88.7 Å². The van der Waals surface area contributed by atoms with Gasteiger partial charge in [0.1, 0.15) is 4.83 Å². The maximum atomic E-state index is 13.3. The molecule has 2 aromatic carbocycles. The van der Waals surface area contributed by atoms with E-state index in [4.69, 9.17) is 4.98 Å². The Morgan fingerprint density at radius 3 is 2.34 bits per heavy atom. The van der Waals surface area contributed by atoms with Crippen LogP contribution in [0.1, 0.15) is 6.92 Å². The minimum Gasteiger partial charge on any atom is -0.279 e. The highest BCUT2D eigenvalue weighted by Gasteiger charge is 2.20. The normalized spacial score (nSPS) is 11.3. The molecule has 0 N–H and O–H groups in total. The lowest BCUT2D eigenvalue weighted by Gasteiger charge is -2.08. The molecule has 0 amide bonds. The zero-order chi connectivity index (χ0) is 20.0. The summed E-state index contributed by atoms with van der Waals surface area (Å²) in [6, 6.07) is 19.9. The van der Waals surface area contributed by atoms with E-state index in [1.165, 1.54) is 4.52 Å². The smallest absolute Gasteiger partial charge is 0.279 e. The molecule has 29 heavy (non-hydrogen) atoms. The van der Waals surface area contributed by atoms with E-state index < -0.39 is 0 Å². The van der Waals surface area contributed by atoms with Crippen molar-refractivity contribution < 1.29 is 0 Å². The standard InChI is InChI=1S/C23H18N4OS/c1-15(2)13-26-22-19(18(14-29-22)16-9-5-3-6-10-16)21-24-20(25-27(21)23(26)28)17-11-7-4-8-12-17/h3-12,14H,1,13H2,2H3. The first kappa shape index (κ1) is 17.6. The molecule has 5 aromatic rings. The molecule has 0 aliphatic heterocycles. The summed E-state index contributed by atoms with van der Waals surface area (Å²) in [5.41, 5.74) is 4.31. The van der Waals surface area contributed by atoms with E-state index in [0.717, 1.165) is 32.5 Å². The van der Waals surface area contributed by atoms with Crippen molar-refractivity contribution in [2.45, 2.75) is 13.5 Å². The molecule has 5 rings (SSSR count). The number of benzene rings is 2. The van der Waals surface area contributed by atoms with Crippen molar-refractivity contribution in [1.29, 1.82) is 0 Å². The third kappa shape index (κ3) is 2.89. The van der Waals surface area contributed by atoms with Gasteiger partial charge >= 0.3 is 5.69 Å². The highest BCUT2D eigenvalue weighted by Crippen LogP contribution is 2.36. The van der Waals surface area contributed by atoms with Crippen LogP contribution in [0.15, 0.2) is 83.0 Å². The molecule has 3 aromatic heterocycles. The number of hydrogen-bond donors (Lipinski definition) is 0. The van der Waals surface area contributed by atoms with Crippen molar-refractivity contribution in [2.24, 2.45) is 0 Å². The Bertz CT molecular complexity index is 1410. The van der Waals surface area contributed by atoms with Crippen molar-refractivity contribution in [1.82, 2.24) is 19.2 Å². The van der Waals surface area contributed by atoms with E-state index in [1.807, 2.05) is 55.5 Å². The first-order valence-corrected chi connectivity index (χ1v) is 10.2. The second-order valence-corrected chi connectivity index (χ2v) is 7.92. The molecule has 0 unspecified atom stereocenters. The van der Waals surface area contributed by atoms with Gasteiger partial charge in [0.15, 0.2) is 11.5 Å². The van der Waals surface area contributed by atoms with Crippen molar-refractivity contribution >= 4 is 27.2 Å². The van der Waals surface area contributed by atoms with Crippen LogP contribution in [0.5, 0.6) is 0 Å². The molecule has 0 aliphatic rings. The molecule has 6 heteroatoms. The summed E-state index contributed by atoms with van der Waals surface area (Å²) in [6.45, 7) is 6.36. The number of allylic oxidation sites excluding steroid dienone is 1. The van der Waals surface area contributed by atoms with Gasteiger partial charge in [0.2, 0.25) is 0 Å². The van der Waals surface area contributed by atoms with Gasteiger partial charge in [0, 0.05) is 23.1 Å². The number of fused-ring (bicyclic) bond motifs is 3. The summed E-state index contributed by atoms with van der Waals surface area (Å²) in [4.78, 5) is 18.9. The Morgan fingerprint density at radius 2 is 1.69 bits per heavy atom. The van der Waals surface area contributed by atoms with Crippen molar-refractivity contribution in [3.8, 4) is 22.5 Å². The summed E-state index contributed by atoms with van der Waals surface area (Å²) in [5.74, 6) is 0.544. The number of aromatic nitrogens is 4. The highest BCUT2D eigenvalue weighted by molar-refractivity contribution is 7.17. The predicted molar refractivity (Wildman–Crippen MR) is 118 cm³/mol. The van der Waals surface area contributed by atoms with Gasteiger partial charge in [-0.2, -0.15) is 4.52 Å². The SMILES string of the molecule is C=C(C)Cn1c(=O)n2nc(-c3ccccc3)nc2c2c(-c3ccccc3)csc21. The van der Waals surface area contributed by atoms with E-state index in [1.54, 1.807) is 15.9 Å². The molecule has 3 heterocycles. The summed E-state index contributed by atoms with van der Waals surface area (Å²) in [7, 11) is 0. The number of nitrogens with zero attached hydrogens (tertiary/aromatic N) is 4. The maximum Gasteiger partial charge on any atom is 0.352 e. The second kappa shape index (κ2) is 6.83. The average molecular weight is 398 g/mol. The van der Waals surface area contributed by atoms with Crippen LogP contribution >= 0.6 is 11.3 Å². The Balaban J connectivity index is 1.90. The summed E-state index contributed by atoms with van der Waals surface area (Å²) in [6.07, 6.45) is 0. The van der Waals surface area contributed by atoms with E-state index in [0.29, 0.717) is 18.0 Å². The maximum absolute atomic E-state index is 13.3. The lowest BCUT2D eigenvalue weighted by Crippen LogP contribution is -2.27.